The third-order valence-electron chi connectivity index (χ3n) is 5.14. The number of Topliss-reactive ketones (excluding diaryl/α,β-unsaturated/α-hetero) is 1. The second-order valence-corrected chi connectivity index (χ2v) is 7.69. The first kappa shape index (κ1) is 24.3. The van der Waals surface area contributed by atoms with Crippen LogP contribution in [0, 0.1) is 0 Å². The summed E-state index contributed by atoms with van der Waals surface area (Å²) in [5, 5.41) is 9.94. The van der Waals surface area contributed by atoms with E-state index in [1.54, 1.807) is 18.2 Å². The van der Waals surface area contributed by atoms with Crippen LogP contribution in [0.4, 0.5) is 0 Å². The molecule has 0 spiro atoms. The highest BCUT2D eigenvalue weighted by Gasteiger charge is 2.12. The number of benzene rings is 1. The predicted octanol–water partition coefficient (Wildman–Crippen LogP) is 7.62. The molecule has 0 saturated heterocycles. The lowest BCUT2D eigenvalue weighted by Crippen LogP contribution is -2.01. The molecule has 1 aromatic rings. The number of carbonyl (C=O) groups excluding carboxylic acids is 1. The fourth-order valence-electron chi connectivity index (χ4n) is 3.42. The lowest BCUT2D eigenvalue weighted by Gasteiger charge is -2.08. The summed E-state index contributed by atoms with van der Waals surface area (Å²) in [6, 6.07) is 4.82. The fourth-order valence-corrected chi connectivity index (χ4v) is 3.42. The largest absolute Gasteiger partial charge is 0.507 e. The number of ketones is 1. The van der Waals surface area contributed by atoms with E-state index in [4.69, 9.17) is 4.74 Å². The van der Waals surface area contributed by atoms with E-state index in [2.05, 4.69) is 13.5 Å². The van der Waals surface area contributed by atoms with Gasteiger partial charge in [0.15, 0.2) is 5.78 Å². The zero-order chi connectivity index (χ0) is 20.5. The van der Waals surface area contributed by atoms with E-state index in [1.807, 2.05) is 0 Å². The van der Waals surface area contributed by atoms with Gasteiger partial charge < -0.3 is 9.84 Å². The molecule has 3 nitrogen and oxygen atoms in total. The van der Waals surface area contributed by atoms with Crippen LogP contribution in [0.3, 0.4) is 0 Å². The van der Waals surface area contributed by atoms with E-state index >= 15 is 0 Å². The minimum atomic E-state index is -0.00961. The Morgan fingerprint density at radius 2 is 1.46 bits per heavy atom. The summed E-state index contributed by atoms with van der Waals surface area (Å²) in [7, 11) is 0. The Kier molecular flexibility index (Phi) is 14.0. The van der Waals surface area contributed by atoms with Crippen molar-refractivity contribution in [2.24, 2.45) is 0 Å². The maximum atomic E-state index is 12.4. The number of aromatic hydroxyl groups is 1. The number of rotatable bonds is 18. The molecule has 158 valence electrons. The summed E-state index contributed by atoms with van der Waals surface area (Å²) in [6.45, 7) is 6.26. The molecule has 1 N–H and O–H groups in total. The first-order valence-corrected chi connectivity index (χ1v) is 11.3. The van der Waals surface area contributed by atoms with Gasteiger partial charge in [0.05, 0.1) is 5.56 Å². The van der Waals surface area contributed by atoms with Crippen molar-refractivity contribution in [1.29, 1.82) is 0 Å². The van der Waals surface area contributed by atoms with Crippen LogP contribution in [0.2, 0.25) is 0 Å². The van der Waals surface area contributed by atoms with Crippen molar-refractivity contribution in [1.82, 2.24) is 0 Å². The maximum Gasteiger partial charge on any atom is 0.166 e. The summed E-state index contributed by atoms with van der Waals surface area (Å²) in [6.07, 6.45) is 18.9. The maximum absolute atomic E-state index is 12.4. The van der Waals surface area contributed by atoms with Gasteiger partial charge in [0.2, 0.25) is 0 Å². The monoisotopic (exact) mass is 388 g/mol. The van der Waals surface area contributed by atoms with Gasteiger partial charge >= 0.3 is 0 Å². The van der Waals surface area contributed by atoms with Crippen LogP contribution >= 0.6 is 0 Å². The van der Waals surface area contributed by atoms with Gasteiger partial charge in [0.1, 0.15) is 18.1 Å². The summed E-state index contributed by atoms with van der Waals surface area (Å²) >= 11 is 0. The third kappa shape index (κ3) is 11.2. The van der Waals surface area contributed by atoms with Crippen LogP contribution in [-0.2, 0) is 0 Å². The quantitative estimate of drug-likeness (QED) is 0.160. The van der Waals surface area contributed by atoms with Crippen molar-refractivity contribution < 1.29 is 14.6 Å². The zero-order valence-corrected chi connectivity index (χ0v) is 17.9. The number of unbranched alkanes of at least 4 members (excludes halogenated alkanes) is 12. The van der Waals surface area contributed by atoms with E-state index in [9.17, 15) is 9.90 Å². The molecule has 0 aromatic heterocycles. The Morgan fingerprint density at radius 1 is 0.929 bits per heavy atom. The van der Waals surface area contributed by atoms with Gasteiger partial charge in [-0.25, -0.2) is 0 Å². The van der Waals surface area contributed by atoms with Gasteiger partial charge in [0, 0.05) is 6.42 Å². The first-order chi connectivity index (χ1) is 13.7. The standard InChI is InChI=1S/C25H40O3/c1-3-5-6-7-8-9-10-11-12-13-14-15-16-17-24(26)23-21-22(28-20-4-2)18-19-25(23)27/h4,18-19,21,27H,2-3,5-17,20H2,1H3. The molecule has 3 heteroatoms. The van der Waals surface area contributed by atoms with E-state index in [1.165, 1.54) is 76.7 Å². The molecule has 28 heavy (non-hydrogen) atoms. The summed E-state index contributed by atoms with van der Waals surface area (Å²) in [5.74, 6) is 0.613. The van der Waals surface area contributed by atoms with Crippen LogP contribution in [-0.4, -0.2) is 17.5 Å². The highest BCUT2D eigenvalue weighted by atomic mass is 16.5. The molecule has 0 saturated carbocycles. The fraction of sp³-hybridized carbons (Fsp3) is 0.640. The highest BCUT2D eigenvalue weighted by molar-refractivity contribution is 5.98. The molecule has 1 aromatic carbocycles. The average molecular weight is 389 g/mol. The molecule has 0 unspecified atom stereocenters. The molecule has 1 rings (SSSR count). The van der Waals surface area contributed by atoms with Crippen LogP contribution in [0.5, 0.6) is 11.5 Å². The van der Waals surface area contributed by atoms with Crippen LogP contribution in [0.1, 0.15) is 107 Å². The average Bonchev–Trinajstić information content (AvgIpc) is 2.70. The van der Waals surface area contributed by atoms with Crippen LogP contribution < -0.4 is 4.74 Å². The lowest BCUT2D eigenvalue weighted by molar-refractivity contribution is 0.0976. The second-order valence-electron chi connectivity index (χ2n) is 7.69. The number of phenolic OH excluding ortho intramolecular Hbond substituents is 1. The zero-order valence-electron chi connectivity index (χ0n) is 17.9. The van der Waals surface area contributed by atoms with Gasteiger partial charge in [-0.1, -0.05) is 96.6 Å². The molecule has 0 aliphatic rings. The molecular formula is C25H40O3. The van der Waals surface area contributed by atoms with Crippen LogP contribution in [0.15, 0.2) is 30.9 Å². The number of hydrogen-bond acceptors (Lipinski definition) is 3. The van der Waals surface area contributed by atoms with Crippen molar-refractivity contribution in [2.45, 2.75) is 96.8 Å². The lowest BCUT2D eigenvalue weighted by atomic mass is 10.0. The van der Waals surface area contributed by atoms with Crippen LogP contribution in [0.25, 0.3) is 0 Å². The summed E-state index contributed by atoms with van der Waals surface area (Å²) in [4.78, 5) is 12.4. The number of phenols is 1. The summed E-state index contributed by atoms with van der Waals surface area (Å²) in [5.41, 5.74) is 0.362. The minimum Gasteiger partial charge on any atom is -0.507 e. The molecule has 0 aliphatic heterocycles. The number of hydrogen-bond donors (Lipinski definition) is 1. The predicted molar refractivity (Wildman–Crippen MR) is 118 cm³/mol. The molecular weight excluding hydrogens is 348 g/mol. The van der Waals surface area contributed by atoms with E-state index in [0.717, 1.165) is 12.8 Å². The smallest absolute Gasteiger partial charge is 0.166 e. The van der Waals surface area contributed by atoms with E-state index < -0.39 is 0 Å². The Labute approximate surface area is 172 Å². The van der Waals surface area contributed by atoms with E-state index in [0.29, 0.717) is 24.3 Å². The normalized spacial score (nSPS) is 10.8. The molecule has 0 heterocycles. The second kappa shape index (κ2) is 16.2. The molecule has 0 amide bonds. The van der Waals surface area contributed by atoms with Crippen molar-refractivity contribution >= 4 is 5.78 Å². The molecule has 0 bridgehead atoms. The number of carbonyl (C=O) groups is 1. The highest BCUT2D eigenvalue weighted by Crippen LogP contribution is 2.25. The van der Waals surface area contributed by atoms with Gasteiger partial charge in [-0.05, 0) is 24.6 Å². The SMILES string of the molecule is C=CCOc1ccc(O)c(C(=O)CCCCCCCCCCCCCCC)c1. The Morgan fingerprint density at radius 3 is 2.00 bits per heavy atom. The van der Waals surface area contributed by atoms with Gasteiger partial charge in [-0.3, -0.25) is 4.79 Å². The van der Waals surface area contributed by atoms with Crippen molar-refractivity contribution in [3.05, 3.63) is 36.4 Å². The van der Waals surface area contributed by atoms with Crippen molar-refractivity contribution in [3.8, 4) is 11.5 Å². The Balaban J connectivity index is 2.07. The minimum absolute atomic E-state index is 0.00961. The first-order valence-electron chi connectivity index (χ1n) is 11.3. The molecule has 0 fully saturated rings. The van der Waals surface area contributed by atoms with Gasteiger partial charge in [-0.15, -0.1) is 0 Å². The number of ether oxygens (including phenoxy) is 1. The van der Waals surface area contributed by atoms with E-state index in [-0.39, 0.29) is 11.5 Å². The molecule has 0 radical (unpaired) electrons. The molecule has 0 atom stereocenters. The Hall–Kier alpha value is -1.77. The topological polar surface area (TPSA) is 46.5 Å². The van der Waals surface area contributed by atoms with Gasteiger partial charge in [0.25, 0.3) is 0 Å². The van der Waals surface area contributed by atoms with Crippen molar-refractivity contribution in [2.75, 3.05) is 6.61 Å². The van der Waals surface area contributed by atoms with Gasteiger partial charge in [-0.2, -0.15) is 0 Å². The summed E-state index contributed by atoms with van der Waals surface area (Å²) < 4.78 is 5.44. The third-order valence-corrected chi connectivity index (χ3v) is 5.14. The van der Waals surface area contributed by atoms with Crippen molar-refractivity contribution in [3.63, 3.8) is 0 Å². The Bertz CT molecular complexity index is 551. The molecule has 0 aliphatic carbocycles.